The number of rotatable bonds is 8. The van der Waals surface area contributed by atoms with Crippen LogP contribution in [0.1, 0.15) is 26.2 Å². The third kappa shape index (κ3) is 5.98. The van der Waals surface area contributed by atoms with Crippen molar-refractivity contribution < 1.29 is 4.92 Å². The fourth-order valence-corrected chi connectivity index (χ4v) is 3.66. The van der Waals surface area contributed by atoms with Crippen molar-refractivity contribution >= 4 is 34.4 Å². The standard InChI is InChI=1S/C21H26ClN5O2/c1-2-26(15-14-25-12-4-3-5-13-25)18-8-6-17(7-9-18)23-24-21-11-10-19(27(28)29)16-20(21)22/h6-11,16H,2-5,12-15H2,1H3. The van der Waals surface area contributed by atoms with Gasteiger partial charge in [-0.15, -0.1) is 5.11 Å². The molecule has 1 aliphatic heterocycles. The molecule has 0 amide bonds. The molecule has 1 saturated heterocycles. The Labute approximate surface area is 176 Å². The molecular formula is C21H26ClN5O2. The Balaban J connectivity index is 1.61. The molecule has 154 valence electrons. The van der Waals surface area contributed by atoms with Gasteiger partial charge in [0.2, 0.25) is 0 Å². The van der Waals surface area contributed by atoms with Gasteiger partial charge in [0.1, 0.15) is 5.69 Å². The lowest BCUT2D eigenvalue weighted by molar-refractivity contribution is -0.384. The molecule has 0 bridgehead atoms. The van der Waals surface area contributed by atoms with Crippen molar-refractivity contribution in [2.45, 2.75) is 26.2 Å². The van der Waals surface area contributed by atoms with Crippen molar-refractivity contribution in [3.05, 3.63) is 57.6 Å². The number of azo groups is 1. The molecule has 7 nitrogen and oxygen atoms in total. The minimum atomic E-state index is -0.490. The summed E-state index contributed by atoms with van der Waals surface area (Å²) >= 11 is 6.06. The number of hydrogen-bond acceptors (Lipinski definition) is 6. The van der Waals surface area contributed by atoms with E-state index in [1.807, 2.05) is 24.3 Å². The molecule has 1 heterocycles. The number of likely N-dealkylation sites (N-methyl/N-ethyl adjacent to an activating group) is 1. The molecule has 0 aliphatic carbocycles. The fraction of sp³-hybridized carbons (Fsp3) is 0.429. The van der Waals surface area contributed by atoms with Gasteiger partial charge in [-0.1, -0.05) is 18.0 Å². The van der Waals surface area contributed by atoms with E-state index < -0.39 is 4.92 Å². The predicted octanol–water partition coefficient (Wildman–Crippen LogP) is 5.98. The molecule has 0 N–H and O–H groups in total. The van der Waals surface area contributed by atoms with Gasteiger partial charge in [0.25, 0.3) is 5.69 Å². The monoisotopic (exact) mass is 415 g/mol. The molecule has 0 unspecified atom stereocenters. The number of halogens is 1. The van der Waals surface area contributed by atoms with Crippen LogP contribution in [0.3, 0.4) is 0 Å². The van der Waals surface area contributed by atoms with E-state index >= 15 is 0 Å². The van der Waals surface area contributed by atoms with Gasteiger partial charge in [-0.3, -0.25) is 10.1 Å². The average Bonchev–Trinajstić information content (AvgIpc) is 2.75. The molecule has 8 heteroatoms. The first-order valence-corrected chi connectivity index (χ1v) is 10.4. The lowest BCUT2D eigenvalue weighted by Crippen LogP contribution is -2.37. The summed E-state index contributed by atoms with van der Waals surface area (Å²) in [6, 6.07) is 12.1. The Bertz CT molecular complexity index is 851. The Morgan fingerprint density at radius 3 is 2.45 bits per heavy atom. The second-order valence-electron chi connectivity index (χ2n) is 7.09. The average molecular weight is 416 g/mol. The van der Waals surface area contributed by atoms with Crippen molar-refractivity contribution in [1.29, 1.82) is 0 Å². The van der Waals surface area contributed by atoms with Crippen LogP contribution >= 0.6 is 11.6 Å². The summed E-state index contributed by atoms with van der Waals surface area (Å²) in [6.45, 7) is 7.64. The summed E-state index contributed by atoms with van der Waals surface area (Å²) in [5.41, 5.74) is 2.20. The number of nitro groups is 1. The maximum absolute atomic E-state index is 10.8. The van der Waals surface area contributed by atoms with Gasteiger partial charge in [0, 0.05) is 37.5 Å². The van der Waals surface area contributed by atoms with Crippen LogP contribution in [-0.4, -0.2) is 42.5 Å². The van der Waals surface area contributed by atoms with E-state index in [1.165, 1.54) is 50.6 Å². The van der Waals surface area contributed by atoms with Gasteiger partial charge in [-0.05, 0) is 63.2 Å². The Hall–Kier alpha value is -2.51. The number of hydrogen-bond donors (Lipinski definition) is 0. The maximum atomic E-state index is 10.8. The molecule has 29 heavy (non-hydrogen) atoms. The van der Waals surface area contributed by atoms with Gasteiger partial charge < -0.3 is 9.80 Å². The first-order chi connectivity index (χ1) is 14.1. The summed E-state index contributed by atoms with van der Waals surface area (Å²) in [5, 5.41) is 19.3. The molecule has 0 spiro atoms. The smallest absolute Gasteiger partial charge is 0.271 e. The van der Waals surface area contributed by atoms with Crippen LogP contribution in [0.2, 0.25) is 5.02 Å². The molecule has 1 aliphatic rings. The number of nitro benzene ring substituents is 1. The highest BCUT2D eigenvalue weighted by Gasteiger charge is 2.12. The van der Waals surface area contributed by atoms with Crippen molar-refractivity contribution in [3.8, 4) is 0 Å². The van der Waals surface area contributed by atoms with Crippen LogP contribution in [0.4, 0.5) is 22.7 Å². The van der Waals surface area contributed by atoms with Gasteiger partial charge in [0.05, 0.1) is 15.6 Å². The van der Waals surface area contributed by atoms with E-state index in [0.29, 0.717) is 11.4 Å². The van der Waals surface area contributed by atoms with Crippen molar-refractivity contribution in [1.82, 2.24) is 4.90 Å². The van der Waals surface area contributed by atoms with Crippen LogP contribution in [-0.2, 0) is 0 Å². The van der Waals surface area contributed by atoms with Crippen molar-refractivity contribution in [3.63, 3.8) is 0 Å². The number of non-ortho nitro benzene ring substituents is 1. The van der Waals surface area contributed by atoms with Crippen molar-refractivity contribution in [2.75, 3.05) is 37.6 Å². The summed E-state index contributed by atoms with van der Waals surface area (Å²) in [5.74, 6) is 0. The molecule has 1 fully saturated rings. The second kappa shape index (κ2) is 10.3. The minimum Gasteiger partial charge on any atom is -0.371 e. The SMILES string of the molecule is CCN(CCN1CCCCC1)c1ccc(N=Nc2ccc([N+](=O)[O-])cc2Cl)cc1. The predicted molar refractivity (Wildman–Crippen MR) is 117 cm³/mol. The molecule has 0 atom stereocenters. The Morgan fingerprint density at radius 2 is 1.83 bits per heavy atom. The summed E-state index contributed by atoms with van der Waals surface area (Å²) in [6.07, 6.45) is 3.98. The molecule has 2 aromatic rings. The van der Waals surface area contributed by atoms with E-state index in [1.54, 1.807) is 0 Å². The van der Waals surface area contributed by atoms with Gasteiger partial charge in [-0.25, -0.2) is 0 Å². The molecule has 0 aromatic heterocycles. The normalized spacial score (nSPS) is 15.0. The molecule has 0 saturated carbocycles. The number of piperidine rings is 1. The largest absolute Gasteiger partial charge is 0.371 e. The van der Waals surface area contributed by atoms with E-state index in [-0.39, 0.29) is 10.7 Å². The Morgan fingerprint density at radius 1 is 1.10 bits per heavy atom. The summed E-state index contributed by atoms with van der Waals surface area (Å²) in [7, 11) is 0. The highest BCUT2D eigenvalue weighted by molar-refractivity contribution is 6.33. The summed E-state index contributed by atoms with van der Waals surface area (Å²) < 4.78 is 0. The highest BCUT2D eigenvalue weighted by atomic mass is 35.5. The van der Waals surface area contributed by atoms with Crippen LogP contribution in [0.25, 0.3) is 0 Å². The third-order valence-electron chi connectivity index (χ3n) is 5.15. The quantitative estimate of drug-likeness (QED) is 0.302. The van der Waals surface area contributed by atoms with Gasteiger partial charge in [-0.2, -0.15) is 5.11 Å². The zero-order valence-electron chi connectivity index (χ0n) is 16.6. The van der Waals surface area contributed by atoms with Crippen LogP contribution in [0.5, 0.6) is 0 Å². The fourth-order valence-electron chi connectivity index (χ4n) is 3.45. The van der Waals surface area contributed by atoms with E-state index in [0.717, 1.165) is 25.3 Å². The second-order valence-corrected chi connectivity index (χ2v) is 7.50. The molecule has 2 aromatic carbocycles. The molecular weight excluding hydrogens is 390 g/mol. The highest BCUT2D eigenvalue weighted by Crippen LogP contribution is 2.30. The number of benzene rings is 2. The van der Waals surface area contributed by atoms with E-state index in [4.69, 9.17) is 11.6 Å². The number of nitrogens with zero attached hydrogens (tertiary/aromatic N) is 5. The first kappa shape index (κ1) is 21.2. The van der Waals surface area contributed by atoms with Gasteiger partial charge >= 0.3 is 0 Å². The lowest BCUT2D eigenvalue weighted by Gasteiger charge is -2.30. The maximum Gasteiger partial charge on any atom is 0.271 e. The third-order valence-corrected chi connectivity index (χ3v) is 5.45. The van der Waals surface area contributed by atoms with Crippen LogP contribution in [0, 0.1) is 10.1 Å². The van der Waals surface area contributed by atoms with Crippen LogP contribution in [0.15, 0.2) is 52.7 Å². The molecule has 3 rings (SSSR count). The minimum absolute atomic E-state index is 0.0671. The summed E-state index contributed by atoms with van der Waals surface area (Å²) in [4.78, 5) is 15.2. The van der Waals surface area contributed by atoms with E-state index in [2.05, 4.69) is 27.0 Å². The van der Waals surface area contributed by atoms with Crippen molar-refractivity contribution in [2.24, 2.45) is 10.2 Å². The molecule has 0 radical (unpaired) electrons. The number of likely N-dealkylation sites (tertiary alicyclic amines) is 1. The topological polar surface area (TPSA) is 74.3 Å². The Kier molecular flexibility index (Phi) is 7.55. The first-order valence-electron chi connectivity index (χ1n) is 10.00. The number of anilines is 1. The zero-order valence-corrected chi connectivity index (χ0v) is 17.4. The zero-order chi connectivity index (χ0) is 20.6. The van der Waals surface area contributed by atoms with Gasteiger partial charge in [0.15, 0.2) is 0 Å². The lowest BCUT2D eigenvalue weighted by atomic mass is 10.1. The van der Waals surface area contributed by atoms with E-state index in [9.17, 15) is 10.1 Å². The van der Waals surface area contributed by atoms with Crippen LogP contribution < -0.4 is 4.90 Å².